The third-order valence-electron chi connectivity index (χ3n) is 4.60. The zero-order valence-electron chi connectivity index (χ0n) is 15.1. The number of aliphatic hydroxyl groups excluding tert-OH is 2. The van der Waals surface area contributed by atoms with Crippen molar-refractivity contribution in [3.8, 4) is 0 Å². The van der Waals surface area contributed by atoms with Crippen LogP contribution in [-0.2, 0) is 0 Å². The molecular formula is C19H41NO2. The SMILES string of the molecule is CCCCCCCCCCCCCCC[C@@H](O)[C@@H](N)[C@@H](C)O. The average molecular weight is 316 g/mol. The summed E-state index contributed by atoms with van der Waals surface area (Å²) in [6.45, 7) is 3.90. The van der Waals surface area contributed by atoms with E-state index in [2.05, 4.69) is 6.92 Å². The summed E-state index contributed by atoms with van der Waals surface area (Å²) in [5, 5.41) is 19.1. The molecule has 0 fully saturated rings. The topological polar surface area (TPSA) is 66.5 Å². The largest absolute Gasteiger partial charge is 0.392 e. The van der Waals surface area contributed by atoms with Gasteiger partial charge < -0.3 is 15.9 Å². The van der Waals surface area contributed by atoms with E-state index in [1.54, 1.807) is 6.92 Å². The lowest BCUT2D eigenvalue weighted by molar-refractivity contribution is 0.0588. The van der Waals surface area contributed by atoms with E-state index in [0.717, 1.165) is 6.42 Å². The molecule has 3 heteroatoms. The second-order valence-corrected chi connectivity index (χ2v) is 6.92. The van der Waals surface area contributed by atoms with Crippen molar-refractivity contribution in [2.45, 2.75) is 122 Å². The summed E-state index contributed by atoms with van der Waals surface area (Å²) in [4.78, 5) is 0. The molecule has 3 nitrogen and oxygen atoms in total. The summed E-state index contributed by atoms with van der Waals surface area (Å²) in [5.74, 6) is 0. The standard InChI is InChI=1S/C19H41NO2/c1-3-4-5-6-7-8-9-10-11-12-13-14-15-16-18(22)19(20)17(2)21/h17-19,21-22H,3-16,20H2,1-2H3/t17-,18-,19+/m1/s1. The summed E-state index contributed by atoms with van der Waals surface area (Å²) >= 11 is 0. The van der Waals surface area contributed by atoms with Crippen LogP contribution in [-0.4, -0.2) is 28.5 Å². The molecule has 0 aliphatic heterocycles. The molecule has 0 saturated heterocycles. The lowest BCUT2D eigenvalue weighted by Gasteiger charge is -2.21. The van der Waals surface area contributed by atoms with E-state index < -0.39 is 18.2 Å². The number of nitrogens with two attached hydrogens (primary N) is 1. The molecule has 4 N–H and O–H groups in total. The van der Waals surface area contributed by atoms with E-state index in [1.807, 2.05) is 0 Å². The van der Waals surface area contributed by atoms with E-state index in [0.29, 0.717) is 6.42 Å². The molecule has 3 atom stereocenters. The Bertz CT molecular complexity index is 221. The summed E-state index contributed by atoms with van der Waals surface area (Å²) in [6, 6.07) is -0.502. The molecular weight excluding hydrogens is 274 g/mol. The lowest BCUT2D eigenvalue weighted by Crippen LogP contribution is -2.43. The van der Waals surface area contributed by atoms with Crippen molar-refractivity contribution in [3.05, 3.63) is 0 Å². The number of rotatable bonds is 16. The second kappa shape index (κ2) is 15.8. The molecule has 0 unspecified atom stereocenters. The Morgan fingerprint density at radius 1 is 0.682 bits per heavy atom. The average Bonchev–Trinajstić information content (AvgIpc) is 2.50. The number of hydrogen-bond acceptors (Lipinski definition) is 3. The van der Waals surface area contributed by atoms with Gasteiger partial charge >= 0.3 is 0 Å². The van der Waals surface area contributed by atoms with Gasteiger partial charge in [0.15, 0.2) is 0 Å². The molecule has 0 aromatic rings. The Morgan fingerprint density at radius 3 is 1.41 bits per heavy atom. The van der Waals surface area contributed by atoms with Gasteiger partial charge in [0.2, 0.25) is 0 Å². The van der Waals surface area contributed by atoms with Crippen molar-refractivity contribution >= 4 is 0 Å². The molecule has 0 radical (unpaired) electrons. The van der Waals surface area contributed by atoms with E-state index >= 15 is 0 Å². The Labute approximate surface area is 138 Å². The van der Waals surface area contributed by atoms with Crippen molar-refractivity contribution in [2.24, 2.45) is 5.73 Å². The van der Waals surface area contributed by atoms with Crippen LogP contribution >= 0.6 is 0 Å². The normalized spacial score (nSPS) is 15.7. The van der Waals surface area contributed by atoms with Crippen molar-refractivity contribution in [1.29, 1.82) is 0 Å². The summed E-state index contributed by atoms with van der Waals surface area (Å²) in [5.41, 5.74) is 5.71. The Hall–Kier alpha value is -0.120. The predicted molar refractivity (Wildman–Crippen MR) is 96.0 cm³/mol. The summed E-state index contributed by atoms with van der Waals surface area (Å²) in [7, 11) is 0. The van der Waals surface area contributed by atoms with Crippen LogP contribution in [0, 0.1) is 0 Å². The highest BCUT2D eigenvalue weighted by molar-refractivity contribution is 4.76. The monoisotopic (exact) mass is 315 g/mol. The van der Waals surface area contributed by atoms with Gasteiger partial charge in [-0.3, -0.25) is 0 Å². The van der Waals surface area contributed by atoms with E-state index in [-0.39, 0.29) is 0 Å². The van der Waals surface area contributed by atoms with E-state index in [4.69, 9.17) is 5.73 Å². The highest BCUT2D eigenvalue weighted by Crippen LogP contribution is 2.14. The van der Waals surface area contributed by atoms with Gasteiger partial charge in [-0.15, -0.1) is 0 Å². The smallest absolute Gasteiger partial charge is 0.0716 e. The minimum Gasteiger partial charge on any atom is -0.392 e. The minimum absolute atomic E-state index is 0.502. The zero-order valence-corrected chi connectivity index (χ0v) is 15.1. The van der Waals surface area contributed by atoms with Gasteiger partial charge in [0, 0.05) is 0 Å². The highest BCUT2D eigenvalue weighted by atomic mass is 16.3. The first-order valence-electron chi connectivity index (χ1n) is 9.71. The molecule has 0 heterocycles. The van der Waals surface area contributed by atoms with Gasteiger partial charge in [0.25, 0.3) is 0 Å². The van der Waals surface area contributed by atoms with Gasteiger partial charge in [0.05, 0.1) is 18.2 Å². The molecule has 134 valence electrons. The summed E-state index contributed by atoms with van der Waals surface area (Å²) in [6.07, 6.45) is 16.8. The van der Waals surface area contributed by atoms with Crippen molar-refractivity contribution < 1.29 is 10.2 Å². The van der Waals surface area contributed by atoms with Crippen molar-refractivity contribution in [1.82, 2.24) is 0 Å². The highest BCUT2D eigenvalue weighted by Gasteiger charge is 2.18. The Kier molecular flexibility index (Phi) is 15.7. The van der Waals surface area contributed by atoms with Crippen LogP contribution in [0.2, 0.25) is 0 Å². The minimum atomic E-state index is -0.628. The lowest BCUT2D eigenvalue weighted by atomic mass is 10.00. The number of hydrogen-bond donors (Lipinski definition) is 3. The molecule has 0 aromatic heterocycles. The first kappa shape index (κ1) is 21.9. The van der Waals surface area contributed by atoms with Gasteiger partial charge in [-0.2, -0.15) is 0 Å². The zero-order chi connectivity index (χ0) is 16.6. The fraction of sp³-hybridized carbons (Fsp3) is 1.00. The third-order valence-corrected chi connectivity index (χ3v) is 4.60. The first-order chi connectivity index (χ1) is 10.6. The Morgan fingerprint density at radius 2 is 1.05 bits per heavy atom. The third kappa shape index (κ3) is 13.5. The molecule has 22 heavy (non-hydrogen) atoms. The van der Waals surface area contributed by atoms with Crippen LogP contribution in [0.25, 0.3) is 0 Å². The van der Waals surface area contributed by atoms with Gasteiger partial charge in [-0.05, 0) is 13.3 Å². The fourth-order valence-electron chi connectivity index (χ4n) is 2.89. The van der Waals surface area contributed by atoms with E-state index in [9.17, 15) is 10.2 Å². The predicted octanol–water partition coefficient (Wildman–Crippen LogP) is 4.54. The van der Waals surface area contributed by atoms with Crippen molar-refractivity contribution in [3.63, 3.8) is 0 Å². The molecule has 0 aliphatic carbocycles. The Balaban J connectivity index is 3.17. The maximum absolute atomic E-state index is 9.78. The fourth-order valence-corrected chi connectivity index (χ4v) is 2.89. The number of unbranched alkanes of at least 4 members (excludes halogenated alkanes) is 12. The van der Waals surface area contributed by atoms with Gasteiger partial charge in [0.1, 0.15) is 0 Å². The molecule has 0 spiro atoms. The van der Waals surface area contributed by atoms with Crippen LogP contribution < -0.4 is 5.73 Å². The maximum atomic E-state index is 9.78. The van der Waals surface area contributed by atoms with Crippen LogP contribution in [0.4, 0.5) is 0 Å². The quantitative estimate of drug-likeness (QED) is 0.366. The molecule has 0 amide bonds. The first-order valence-corrected chi connectivity index (χ1v) is 9.71. The van der Waals surface area contributed by atoms with E-state index in [1.165, 1.54) is 77.0 Å². The van der Waals surface area contributed by atoms with Gasteiger partial charge in [-0.1, -0.05) is 90.4 Å². The molecule has 0 aromatic carbocycles. The number of aliphatic hydroxyl groups is 2. The second-order valence-electron chi connectivity index (χ2n) is 6.92. The molecule has 0 saturated carbocycles. The molecule has 0 aliphatic rings. The van der Waals surface area contributed by atoms with Crippen LogP contribution in [0.3, 0.4) is 0 Å². The van der Waals surface area contributed by atoms with Crippen LogP contribution in [0.1, 0.15) is 104 Å². The van der Waals surface area contributed by atoms with Gasteiger partial charge in [-0.25, -0.2) is 0 Å². The van der Waals surface area contributed by atoms with Crippen molar-refractivity contribution in [2.75, 3.05) is 0 Å². The maximum Gasteiger partial charge on any atom is 0.0716 e. The summed E-state index contributed by atoms with van der Waals surface area (Å²) < 4.78 is 0. The molecule has 0 bridgehead atoms. The van der Waals surface area contributed by atoms with Crippen LogP contribution in [0.15, 0.2) is 0 Å². The molecule has 0 rings (SSSR count). The van der Waals surface area contributed by atoms with Crippen LogP contribution in [0.5, 0.6) is 0 Å².